The van der Waals surface area contributed by atoms with Crippen molar-refractivity contribution in [2.24, 2.45) is 5.84 Å². The van der Waals surface area contributed by atoms with Gasteiger partial charge in [0.25, 0.3) is 0 Å². The molecule has 2 rings (SSSR count). The number of hydrazine groups is 1. The van der Waals surface area contributed by atoms with Gasteiger partial charge in [-0.15, -0.1) is 12.4 Å². The zero-order valence-corrected chi connectivity index (χ0v) is 8.37. The highest BCUT2D eigenvalue weighted by Gasteiger charge is 1.93. The third-order valence-electron chi connectivity index (χ3n) is 1.94. The molecule has 0 radical (unpaired) electrons. The van der Waals surface area contributed by atoms with Crippen LogP contribution in [0.2, 0.25) is 0 Å². The van der Waals surface area contributed by atoms with Crippen molar-refractivity contribution in [3.05, 3.63) is 48.8 Å². The van der Waals surface area contributed by atoms with E-state index in [1.54, 1.807) is 0 Å². The van der Waals surface area contributed by atoms with Crippen LogP contribution in [0.25, 0.3) is 5.69 Å². The second-order valence-corrected chi connectivity index (χ2v) is 2.78. The van der Waals surface area contributed by atoms with Crippen LogP contribution in [0, 0.1) is 0 Å². The number of rotatable bonds is 2. The lowest BCUT2D eigenvalue weighted by atomic mass is 10.3. The lowest BCUT2D eigenvalue weighted by Crippen LogP contribution is -2.06. The Balaban J connectivity index is 0.000000980. The van der Waals surface area contributed by atoms with Gasteiger partial charge in [-0.3, -0.25) is 5.84 Å². The second-order valence-electron chi connectivity index (χ2n) is 2.78. The molecule has 0 unspecified atom stereocenters. The molecule has 0 bridgehead atoms. The van der Waals surface area contributed by atoms with Crippen molar-refractivity contribution in [1.82, 2.24) is 4.57 Å². The van der Waals surface area contributed by atoms with Gasteiger partial charge in [-0.1, -0.05) is 0 Å². The standard InChI is InChI=1S/C10H11N3.ClH/c11-12-9-3-5-10(6-4-9)13-7-1-2-8-13;/h1-8,12H,11H2;1H. The molecule has 3 N–H and O–H groups in total. The van der Waals surface area contributed by atoms with Gasteiger partial charge in [0.05, 0.1) is 0 Å². The summed E-state index contributed by atoms with van der Waals surface area (Å²) in [6.07, 6.45) is 4.01. The highest BCUT2D eigenvalue weighted by atomic mass is 35.5. The van der Waals surface area contributed by atoms with Crippen LogP contribution in [0.15, 0.2) is 48.8 Å². The minimum absolute atomic E-state index is 0. The predicted octanol–water partition coefficient (Wildman–Crippen LogP) is 2.18. The maximum Gasteiger partial charge on any atom is 0.0486 e. The van der Waals surface area contributed by atoms with Crippen molar-refractivity contribution >= 4 is 18.1 Å². The van der Waals surface area contributed by atoms with Crippen molar-refractivity contribution in [2.75, 3.05) is 5.43 Å². The van der Waals surface area contributed by atoms with Crippen molar-refractivity contribution in [1.29, 1.82) is 0 Å². The summed E-state index contributed by atoms with van der Waals surface area (Å²) in [6, 6.07) is 11.9. The first-order valence-electron chi connectivity index (χ1n) is 4.10. The zero-order chi connectivity index (χ0) is 9.10. The fraction of sp³-hybridized carbons (Fsp3) is 0. The fourth-order valence-corrected chi connectivity index (χ4v) is 1.24. The summed E-state index contributed by atoms with van der Waals surface area (Å²) in [5.74, 6) is 5.26. The number of aromatic nitrogens is 1. The molecule has 0 spiro atoms. The topological polar surface area (TPSA) is 43.0 Å². The largest absolute Gasteiger partial charge is 0.324 e. The molecule has 0 aliphatic rings. The van der Waals surface area contributed by atoms with Gasteiger partial charge in [0, 0.05) is 23.8 Å². The normalized spacial score (nSPS) is 9.21. The Kier molecular flexibility index (Phi) is 3.56. The molecule has 0 aliphatic heterocycles. The average molecular weight is 210 g/mol. The smallest absolute Gasteiger partial charge is 0.0486 e. The summed E-state index contributed by atoms with van der Waals surface area (Å²) in [7, 11) is 0. The molecule has 1 aromatic carbocycles. The first kappa shape index (κ1) is 10.6. The van der Waals surface area contributed by atoms with Crippen LogP contribution in [0.5, 0.6) is 0 Å². The first-order valence-corrected chi connectivity index (χ1v) is 4.10. The quantitative estimate of drug-likeness (QED) is 0.588. The number of halogens is 1. The summed E-state index contributed by atoms with van der Waals surface area (Å²) < 4.78 is 2.04. The van der Waals surface area contributed by atoms with Crippen molar-refractivity contribution in [2.45, 2.75) is 0 Å². The van der Waals surface area contributed by atoms with Crippen LogP contribution in [0.1, 0.15) is 0 Å². The summed E-state index contributed by atoms with van der Waals surface area (Å²) in [5.41, 5.74) is 4.63. The molecule has 0 saturated carbocycles. The first-order chi connectivity index (χ1) is 6.40. The SMILES string of the molecule is Cl.NNc1ccc(-n2cccc2)cc1. The third kappa shape index (κ3) is 2.07. The summed E-state index contributed by atoms with van der Waals surface area (Å²) >= 11 is 0. The van der Waals surface area contributed by atoms with Crippen molar-refractivity contribution < 1.29 is 0 Å². The number of nitrogen functional groups attached to an aromatic ring is 1. The van der Waals surface area contributed by atoms with E-state index in [1.165, 1.54) is 0 Å². The molecule has 4 heteroatoms. The molecular formula is C10H12ClN3. The van der Waals surface area contributed by atoms with E-state index in [0.29, 0.717) is 0 Å². The highest BCUT2D eigenvalue weighted by molar-refractivity contribution is 5.85. The Bertz CT molecular complexity index is 367. The van der Waals surface area contributed by atoms with Crippen LogP contribution in [0.3, 0.4) is 0 Å². The Hall–Kier alpha value is -1.45. The molecule has 2 aromatic rings. The zero-order valence-electron chi connectivity index (χ0n) is 7.55. The number of nitrogens with zero attached hydrogens (tertiary/aromatic N) is 1. The molecule has 14 heavy (non-hydrogen) atoms. The summed E-state index contributed by atoms with van der Waals surface area (Å²) in [5, 5.41) is 0. The van der Waals surface area contributed by atoms with Gasteiger partial charge in [-0.25, -0.2) is 0 Å². The number of anilines is 1. The minimum Gasteiger partial charge on any atom is -0.324 e. The number of nitrogens with one attached hydrogen (secondary N) is 1. The molecule has 74 valence electrons. The van der Waals surface area contributed by atoms with Crippen LogP contribution < -0.4 is 11.3 Å². The molecule has 1 heterocycles. The van der Waals surface area contributed by atoms with E-state index < -0.39 is 0 Å². The Morgan fingerprint density at radius 3 is 2.07 bits per heavy atom. The molecule has 0 amide bonds. The monoisotopic (exact) mass is 209 g/mol. The van der Waals surface area contributed by atoms with Gasteiger partial charge in [-0.05, 0) is 36.4 Å². The third-order valence-corrected chi connectivity index (χ3v) is 1.94. The summed E-state index contributed by atoms with van der Waals surface area (Å²) in [6.45, 7) is 0. The van der Waals surface area contributed by atoms with Gasteiger partial charge in [0.1, 0.15) is 0 Å². The van der Waals surface area contributed by atoms with Crippen LogP contribution >= 0.6 is 12.4 Å². The average Bonchev–Trinajstić information content (AvgIpc) is 2.71. The van der Waals surface area contributed by atoms with Gasteiger partial charge < -0.3 is 9.99 Å². The molecule has 0 atom stereocenters. The van der Waals surface area contributed by atoms with Gasteiger partial charge in [0.15, 0.2) is 0 Å². The Labute approximate surface area is 88.9 Å². The number of hydrogen-bond donors (Lipinski definition) is 2. The van der Waals surface area contributed by atoms with Crippen molar-refractivity contribution in [3.63, 3.8) is 0 Å². The second kappa shape index (κ2) is 4.69. The van der Waals surface area contributed by atoms with Gasteiger partial charge in [-0.2, -0.15) is 0 Å². The fourth-order valence-electron chi connectivity index (χ4n) is 1.24. The van der Waals surface area contributed by atoms with E-state index >= 15 is 0 Å². The Morgan fingerprint density at radius 2 is 1.57 bits per heavy atom. The van der Waals surface area contributed by atoms with Gasteiger partial charge in [0.2, 0.25) is 0 Å². The van der Waals surface area contributed by atoms with E-state index in [1.807, 2.05) is 53.4 Å². The maximum atomic E-state index is 5.26. The highest BCUT2D eigenvalue weighted by Crippen LogP contribution is 2.11. The lowest BCUT2D eigenvalue weighted by molar-refractivity contribution is 1.08. The van der Waals surface area contributed by atoms with Gasteiger partial charge >= 0.3 is 0 Å². The maximum absolute atomic E-state index is 5.26. The number of benzene rings is 1. The molecule has 0 aliphatic carbocycles. The van der Waals surface area contributed by atoms with E-state index in [2.05, 4.69) is 5.43 Å². The van der Waals surface area contributed by atoms with Crippen LogP contribution in [-0.4, -0.2) is 4.57 Å². The Morgan fingerprint density at radius 1 is 1.00 bits per heavy atom. The summed E-state index contributed by atoms with van der Waals surface area (Å²) in [4.78, 5) is 0. The van der Waals surface area contributed by atoms with Crippen molar-refractivity contribution in [3.8, 4) is 5.69 Å². The van der Waals surface area contributed by atoms with E-state index in [4.69, 9.17) is 5.84 Å². The molecule has 1 aromatic heterocycles. The predicted molar refractivity (Wildman–Crippen MR) is 60.8 cm³/mol. The van der Waals surface area contributed by atoms with Crippen LogP contribution in [-0.2, 0) is 0 Å². The number of nitrogens with two attached hydrogens (primary N) is 1. The van der Waals surface area contributed by atoms with E-state index in [-0.39, 0.29) is 12.4 Å². The molecule has 0 saturated heterocycles. The molecule has 0 fully saturated rings. The molecular weight excluding hydrogens is 198 g/mol. The molecule has 3 nitrogen and oxygen atoms in total. The minimum atomic E-state index is 0. The van der Waals surface area contributed by atoms with Crippen LogP contribution in [0.4, 0.5) is 5.69 Å². The van der Waals surface area contributed by atoms with E-state index in [9.17, 15) is 0 Å². The van der Waals surface area contributed by atoms with E-state index in [0.717, 1.165) is 11.4 Å². The number of hydrogen-bond acceptors (Lipinski definition) is 2. The lowest BCUT2D eigenvalue weighted by Gasteiger charge is -2.03.